The Morgan fingerprint density at radius 3 is 3.00 bits per heavy atom. The molecule has 0 unspecified atom stereocenters. The number of nitrogens with zero attached hydrogens (tertiary/aromatic N) is 1. The molecular weight excluding hydrogens is 154 g/mol. The summed E-state index contributed by atoms with van der Waals surface area (Å²) < 4.78 is 4.55. The maximum Gasteiger partial charge on any atom is 0.305 e. The van der Waals surface area contributed by atoms with Crippen molar-refractivity contribution in [1.29, 1.82) is 0 Å². The third-order valence-corrected chi connectivity index (χ3v) is 2.10. The molecular formula is C9H15NO2. The van der Waals surface area contributed by atoms with Crippen LogP contribution in [0.4, 0.5) is 0 Å². The Kier molecular flexibility index (Phi) is 3.26. The number of carbonyl (C=O) groups is 1. The van der Waals surface area contributed by atoms with E-state index in [2.05, 4.69) is 16.7 Å². The number of esters is 1. The van der Waals surface area contributed by atoms with Crippen LogP contribution in [0.5, 0.6) is 0 Å². The van der Waals surface area contributed by atoms with Crippen LogP contribution < -0.4 is 0 Å². The van der Waals surface area contributed by atoms with Gasteiger partial charge in [0.15, 0.2) is 0 Å². The van der Waals surface area contributed by atoms with E-state index in [4.69, 9.17) is 0 Å². The average Bonchev–Trinajstić information content (AvgIpc) is 2.47. The molecule has 0 saturated heterocycles. The average molecular weight is 169 g/mol. The summed E-state index contributed by atoms with van der Waals surface area (Å²) >= 11 is 0. The normalized spacial score (nSPS) is 27.5. The van der Waals surface area contributed by atoms with E-state index in [1.165, 1.54) is 7.11 Å². The molecule has 0 saturated carbocycles. The van der Waals surface area contributed by atoms with Gasteiger partial charge in [0.2, 0.25) is 0 Å². The van der Waals surface area contributed by atoms with E-state index >= 15 is 0 Å². The Balaban J connectivity index is 2.17. The molecule has 0 aromatic carbocycles. The van der Waals surface area contributed by atoms with Crippen LogP contribution in [0.1, 0.15) is 26.2 Å². The molecule has 0 bridgehead atoms. The summed E-state index contributed by atoms with van der Waals surface area (Å²) in [6, 6.07) is 0.346. The fourth-order valence-corrected chi connectivity index (χ4v) is 1.40. The Hall–Kier alpha value is -0.860. The van der Waals surface area contributed by atoms with Crippen molar-refractivity contribution < 1.29 is 9.53 Å². The summed E-state index contributed by atoms with van der Waals surface area (Å²) in [4.78, 5) is 15.1. The van der Waals surface area contributed by atoms with E-state index in [1.54, 1.807) is 0 Å². The van der Waals surface area contributed by atoms with Crippen LogP contribution in [-0.4, -0.2) is 25.3 Å². The predicted octanol–water partition coefficient (Wildman–Crippen LogP) is 1.42. The lowest BCUT2D eigenvalue weighted by molar-refractivity contribution is -0.140. The number of aliphatic imine (C=N–C) groups is 1. The van der Waals surface area contributed by atoms with Gasteiger partial charge in [-0.3, -0.25) is 9.79 Å². The van der Waals surface area contributed by atoms with Gasteiger partial charge < -0.3 is 4.74 Å². The SMILES string of the molecule is COC(=O)CC[C@@H]1C[C@H](C)C=N1. The van der Waals surface area contributed by atoms with E-state index in [0.29, 0.717) is 18.4 Å². The Morgan fingerprint density at radius 1 is 1.75 bits per heavy atom. The molecule has 68 valence electrons. The highest BCUT2D eigenvalue weighted by molar-refractivity contribution is 5.69. The van der Waals surface area contributed by atoms with Crippen LogP contribution in [0.15, 0.2) is 4.99 Å². The maximum atomic E-state index is 10.8. The van der Waals surface area contributed by atoms with E-state index in [0.717, 1.165) is 12.8 Å². The smallest absolute Gasteiger partial charge is 0.305 e. The number of hydrogen-bond acceptors (Lipinski definition) is 3. The maximum absolute atomic E-state index is 10.8. The first kappa shape index (κ1) is 9.23. The lowest BCUT2D eigenvalue weighted by Crippen LogP contribution is -2.07. The van der Waals surface area contributed by atoms with Gasteiger partial charge in [0.05, 0.1) is 13.2 Å². The van der Waals surface area contributed by atoms with Crippen molar-refractivity contribution in [1.82, 2.24) is 0 Å². The summed E-state index contributed by atoms with van der Waals surface area (Å²) in [5.41, 5.74) is 0. The zero-order valence-electron chi connectivity index (χ0n) is 7.62. The van der Waals surface area contributed by atoms with Gasteiger partial charge in [-0.15, -0.1) is 0 Å². The zero-order valence-corrected chi connectivity index (χ0v) is 7.62. The van der Waals surface area contributed by atoms with Gasteiger partial charge in [-0.05, 0) is 18.8 Å². The van der Waals surface area contributed by atoms with E-state index < -0.39 is 0 Å². The molecule has 0 aliphatic carbocycles. The molecule has 3 nitrogen and oxygen atoms in total. The van der Waals surface area contributed by atoms with Crippen molar-refractivity contribution >= 4 is 12.2 Å². The first-order valence-electron chi connectivity index (χ1n) is 4.32. The number of ether oxygens (including phenoxy) is 1. The minimum Gasteiger partial charge on any atom is -0.469 e. The molecule has 0 spiro atoms. The largest absolute Gasteiger partial charge is 0.469 e. The monoisotopic (exact) mass is 169 g/mol. The van der Waals surface area contributed by atoms with Gasteiger partial charge in [0, 0.05) is 12.6 Å². The van der Waals surface area contributed by atoms with Crippen molar-refractivity contribution in [2.24, 2.45) is 10.9 Å². The molecule has 1 aliphatic rings. The second-order valence-electron chi connectivity index (χ2n) is 3.28. The lowest BCUT2D eigenvalue weighted by atomic mass is 10.0. The molecule has 0 amide bonds. The van der Waals surface area contributed by atoms with Gasteiger partial charge in [-0.1, -0.05) is 6.92 Å². The highest BCUT2D eigenvalue weighted by atomic mass is 16.5. The summed E-state index contributed by atoms with van der Waals surface area (Å²) in [5, 5.41) is 0. The molecule has 3 heteroatoms. The summed E-state index contributed by atoms with van der Waals surface area (Å²) in [6.07, 6.45) is 4.37. The summed E-state index contributed by atoms with van der Waals surface area (Å²) in [5.74, 6) is 0.442. The first-order valence-corrected chi connectivity index (χ1v) is 4.32. The first-order chi connectivity index (χ1) is 5.72. The molecule has 1 heterocycles. The third-order valence-electron chi connectivity index (χ3n) is 2.10. The molecule has 1 aliphatic heterocycles. The molecule has 0 aromatic rings. The number of carbonyl (C=O) groups excluding carboxylic acids is 1. The standard InChI is InChI=1S/C9H15NO2/c1-7-5-8(10-6-7)3-4-9(11)12-2/h6-8H,3-5H2,1-2H3/t7-,8+/m0/s1. The van der Waals surface area contributed by atoms with Crippen LogP contribution in [-0.2, 0) is 9.53 Å². The topological polar surface area (TPSA) is 38.7 Å². The van der Waals surface area contributed by atoms with Gasteiger partial charge in [0.1, 0.15) is 0 Å². The second-order valence-corrected chi connectivity index (χ2v) is 3.28. The molecule has 12 heavy (non-hydrogen) atoms. The second kappa shape index (κ2) is 4.24. The van der Waals surface area contributed by atoms with Crippen LogP contribution in [0.3, 0.4) is 0 Å². The van der Waals surface area contributed by atoms with Crippen LogP contribution >= 0.6 is 0 Å². The number of hydrogen-bond donors (Lipinski definition) is 0. The Morgan fingerprint density at radius 2 is 2.50 bits per heavy atom. The van der Waals surface area contributed by atoms with Crippen molar-refractivity contribution in [3.63, 3.8) is 0 Å². The van der Waals surface area contributed by atoms with E-state index in [-0.39, 0.29) is 5.97 Å². The predicted molar refractivity (Wildman–Crippen MR) is 47.3 cm³/mol. The highest BCUT2D eigenvalue weighted by Gasteiger charge is 2.17. The molecule has 0 N–H and O–H groups in total. The quantitative estimate of drug-likeness (QED) is 0.599. The van der Waals surface area contributed by atoms with Crippen molar-refractivity contribution in [3.8, 4) is 0 Å². The van der Waals surface area contributed by atoms with Crippen molar-refractivity contribution in [2.75, 3.05) is 7.11 Å². The van der Waals surface area contributed by atoms with Gasteiger partial charge in [-0.2, -0.15) is 0 Å². The highest BCUT2D eigenvalue weighted by Crippen LogP contribution is 2.18. The molecule has 0 radical (unpaired) electrons. The molecule has 2 atom stereocenters. The third kappa shape index (κ3) is 2.64. The Bertz CT molecular complexity index is 189. The zero-order chi connectivity index (χ0) is 8.97. The van der Waals surface area contributed by atoms with Gasteiger partial charge in [-0.25, -0.2) is 0 Å². The van der Waals surface area contributed by atoms with E-state index in [1.807, 2.05) is 6.21 Å². The summed E-state index contributed by atoms with van der Waals surface area (Å²) in [7, 11) is 1.42. The van der Waals surface area contributed by atoms with Crippen LogP contribution in [0.2, 0.25) is 0 Å². The fraction of sp³-hybridized carbons (Fsp3) is 0.778. The minimum absolute atomic E-state index is 0.134. The number of methoxy groups -OCH3 is 1. The molecule has 0 fully saturated rings. The Labute approximate surface area is 72.8 Å². The summed E-state index contributed by atoms with van der Waals surface area (Å²) in [6.45, 7) is 2.14. The van der Waals surface area contributed by atoms with Gasteiger partial charge in [0.25, 0.3) is 0 Å². The molecule has 1 rings (SSSR count). The fourth-order valence-electron chi connectivity index (χ4n) is 1.40. The number of rotatable bonds is 3. The van der Waals surface area contributed by atoms with Crippen molar-refractivity contribution in [3.05, 3.63) is 0 Å². The van der Waals surface area contributed by atoms with Crippen molar-refractivity contribution in [2.45, 2.75) is 32.2 Å². The van der Waals surface area contributed by atoms with Crippen LogP contribution in [0, 0.1) is 5.92 Å². The lowest BCUT2D eigenvalue weighted by Gasteiger charge is -2.05. The minimum atomic E-state index is -0.134. The van der Waals surface area contributed by atoms with E-state index in [9.17, 15) is 4.79 Å². The molecule has 0 aromatic heterocycles. The van der Waals surface area contributed by atoms with Gasteiger partial charge >= 0.3 is 5.97 Å². The van der Waals surface area contributed by atoms with Crippen LogP contribution in [0.25, 0.3) is 0 Å².